The molecule has 0 spiro atoms. The maximum absolute atomic E-state index is 12.9. The molecule has 152 valence electrons. The molecule has 2 aromatic carbocycles. The summed E-state index contributed by atoms with van der Waals surface area (Å²) in [5.74, 6) is -0.443. The molecule has 2 aromatic rings. The number of carbonyl (C=O) groups is 1. The molecule has 0 aromatic heterocycles. The standard InChI is InChI=1S/C20H20ClN3O4S/c1-28-20(25)19(17-4-2-3-5-18(17)21)23-10-12-24(13-11-23)29(26,27)16-8-6-15(14-22)7-9-16/h2-9,19H,10-13H2,1H3. The van der Waals surface area contributed by atoms with Crippen molar-refractivity contribution in [3.05, 3.63) is 64.7 Å². The maximum Gasteiger partial charge on any atom is 0.327 e. The van der Waals surface area contributed by atoms with Gasteiger partial charge in [-0.1, -0.05) is 29.8 Å². The van der Waals surface area contributed by atoms with Crippen LogP contribution in [-0.4, -0.2) is 56.9 Å². The Hall–Kier alpha value is -2.44. The second-order valence-corrected chi connectivity index (χ2v) is 8.87. The van der Waals surface area contributed by atoms with E-state index < -0.39 is 22.0 Å². The van der Waals surface area contributed by atoms with E-state index in [4.69, 9.17) is 21.6 Å². The Morgan fingerprint density at radius 2 is 1.72 bits per heavy atom. The monoisotopic (exact) mass is 433 g/mol. The average Bonchev–Trinajstić information content (AvgIpc) is 2.75. The van der Waals surface area contributed by atoms with Crippen molar-refractivity contribution in [1.29, 1.82) is 5.26 Å². The van der Waals surface area contributed by atoms with Gasteiger partial charge >= 0.3 is 5.97 Å². The van der Waals surface area contributed by atoms with E-state index in [9.17, 15) is 13.2 Å². The topological polar surface area (TPSA) is 90.7 Å². The van der Waals surface area contributed by atoms with Gasteiger partial charge in [-0.15, -0.1) is 0 Å². The van der Waals surface area contributed by atoms with E-state index in [1.807, 2.05) is 11.0 Å². The molecule has 0 amide bonds. The van der Waals surface area contributed by atoms with E-state index in [1.165, 1.54) is 35.7 Å². The zero-order valence-electron chi connectivity index (χ0n) is 15.8. The number of ether oxygens (including phenoxy) is 1. The Morgan fingerprint density at radius 1 is 1.10 bits per heavy atom. The lowest BCUT2D eigenvalue weighted by Gasteiger charge is -2.37. The lowest BCUT2D eigenvalue weighted by Crippen LogP contribution is -2.51. The Labute approximate surface area is 175 Å². The maximum atomic E-state index is 12.9. The molecule has 29 heavy (non-hydrogen) atoms. The van der Waals surface area contributed by atoms with Crippen LogP contribution in [0.1, 0.15) is 17.2 Å². The first kappa shape index (κ1) is 21.3. The van der Waals surface area contributed by atoms with Crippen LogP contribution in [0.5, 0.6) is 0 Å². The van der Waals surface area contributed by atoms with E-state index in [0.717, 1.165) is 0 Å². The van der Waals surface area contributed by atoms with E-state index in [-0.39, 0.29) is 18.0 Å². The van der Waals surface area contributed by atoms with Crippen LogP contribution in [0.4, 0.5) is 0 Å². The van der Waals surface area contributed by atoms with E-state index in [2.05, 4.69) is 0 Å². The number of rotatable bonds is 5. The van der Waals surface area contributed by atoms with E-state index in [0.29, 0.717) is 29.2 Å². The normalized spacial score (nSPS) is 16.7. The van der Waals surface area contributed by atoms with Crippen LogP contribution in [0, 0.1) is 11.3 Å². The van der Waals surface area contributed by atoms with Gasteiger partial charge in [0.15, 0.2) is 0 Å². The van der Waals surface area contributed by atoms with E-state index >= 15 is 0 Å². The molecule has 9 heteroatoms. The lowest BCUT2D eigenvalue weighted by molar-refractivity contribution is -0.147. The van der Waals surface area contributed by atoms with Gasteiger partial charge in [-0.05, 0) is 35.9 Å². The first-order valence-corrected chi connectivity index (χ1v) is 10.8. The summed E-state index contributed by atoms with van der Waals surface area (Å²) < 4.78 is 32.1. The highest BCUT2D eigenvalue weighted by Crippen LogP contribution is 2.30. The van der Waals surface area contributed by atoms with Crippen LogP contribution >= 0.6 is 11.6 Å². The van der Waals surface area contributed by atoms with Gasteiger partial charge < -0.3 is 4.74 Å². The zero-order chi connectivity index (χ0) is 21.0. The van der Waals surface area contributed by atoms with Gasteiger partial charge in [0.1, 0.15) is 6.04 Å². The Bertz CT molecular complexity index is 1030. The number of halogens is 1. The second kappa shape index (κ2) is 8.93. The number of sulfonamides is 1. The highest BCUT2D eigenvalue weighted by molar-refractivity contribution is 7.89. The molecule has 1 fully saturated rings. The van der Waals surface area contributed by atoms with Gasteiger partial charge in [0.05, 0.1) is 23.6 Å². The van der Waals surface area contributed by atoms with Gasteiger partial charge in [-0.25, -0.2) is 13.2 Å². The van der Waals surface area contributed by atoms with Gasteiger partial charge in [0, 0.05) is 31.2 Å². The molecular formula is C20H20ClN3O4S. The number of benzene rings is 2. The second-order valence-electron chi connectivity index (χ2n) is 6.52. The first-order chi connectivity index (χ1) is 13.9. The Kier molecular flexibility index (Phi) is 6.55. The molecule has 7 nitrogen and oxygen atoms in total. The van der Waals surface area contributed by atoms with Crippen LogP contribution in [0.25, 0.3) is 0 Å². The molecule has 0 aliphatic carbocycles. The number of nitrogens with zero attached hydrogens (tertiary/aromatic N) is 3. The predicted molar refractivity (Wildman–Crippen MR) is 108 cm³/mol. The third kappa shape index (κ3) is 4.43. The van der Waals surface area contributed by atoms with Gasteiger partial charge in [0.25, 0.3) is 0 Å². The highest BCUT2D eigenvalue weighted by Gasteiger charge is 2.35. The number of carbonyl (C=O) groups excluding carboxylic acids is 1. The Morgan fingerprint density at radius 3 is 2.28 bits per heavy atom. The summed E-state index contributed by atoms with van der Waals surface area (Å²) in [6, 6.07) is 14.1. The zero-order valence-corrected chi connectivity index (χ0v) is 17.4. The fourth-order valence-electron chi connectivity index (χ4n) is 3.33. The third-order valence-corrected chi connectivity index (χ3v) is 7.14. The molecule has 0 N–H and O–H groups in total. The molecule has 1 unspecified atom stereocenters. The minimum Gasteiger partial charge on any atom is -0.468 e. The summed E-state index contributed by atoms with van der Waals surface area (Å²) in [6.45, 7) is 1.14. The van der Waals surface area contributed by atoms with Crippen molar-refractivity contribution in [2.75, 3.05) is 33.3 Å². The summed E-state index contributed by atoms with van der Waals surface area (Å²) in [6.07, 6.45) is 0. The summed E-state index contributed by atoms with van der Waals surface area (Å²) in [5, 5.41) is 9.33. The first-order valence-electron chi connectivity index (χ1n) is 8.95. The van der Waals surface area contributed by atoms with Crippen LogP contribution in [0.15, 0.2) is 53.4 Å². The third-order valence-electron chi connectivity index (χ3n) is 4.88. The van der Waals surface area contributed by atoms with E-state index in [1.54, 1.807) is 24.3 Å². The van der Waals surface area contributed by atoms with Crippen molar-refractivity contribution in [3.63, 3.8) is 0 Å². The average molecular weight is 434 g/mol. The SMILES string of the molecule is COC(=O)C(c1ccccc1Cl)N1CCN(S(=O)(=O)c2ccc(C#N)cc2)CC1. The minimum absolute atomic E-state index is 0.139. The fourth-order valence-corrected chi connectivity index (χ4v) is 5.00. The summed E-state index contributed by atoms with van der Waals surface area (Å²) in [4.78, 5) is 14.5. The van der Waals surface area contributed by atoms with Crippen LogP contribution in [0.2, 0.25) is 5.02 Å². The van der Waals surface area contributed by atoms with Crippen LogP contribution < -0.4 is 0 Å². The summed E-state index contributed by atoms with van der Waals surface area (Å²) in [5.41, 5.74) is 1.03. The summed E-state index contributed by atoms with van der Waals surface area (Å²) >= 11 is 6.28. The molecule has 1 saturated heterocycles. The molecule has 1 heterocycles. The predicted octanol–water partition coefficient (Wildman–Crippen LogP) is 2.43. The fraction of sp³-hybridized carbons (Fsp3) is 0.300. The number of methoxy groups -OCH3 is 1. The highest BCUT2D eigenvalue weighted by atomic mass is 35.5. The number of nitriles is 1. The van der Waals surface area contributed by atoms with Gasteiger partial charge in [0.2, 0.25) is 10.0 Å². The van der Waals surface area contributed by atoms with Crippen molar-refractivity contribution in [3.8, 4) is 6.07 Å². The molecule has 1 aliphatic heterocycles. The molecule has 0 radical (unpaired) electrons. The van der Waals surface area contributed by atoms with Gasteiger partial charge in [-0.3, -0.25) is 4.90 Å². The molecular weight excluding hydrogens is 414 g/mol. The molecule has 1 atom stereocenters. The number of piperazine rings is 1. The largest absolute Gasteiger partial charge is 0.468 e. The lowest BCUT2D eigenvalue weighted by atomic mass is 10.0. The van der Waals surface area contributed by atoms with Crippen molar-refractivity contribution in [2.24, 2.45) is 0 Å². The minimum atomic E-state index is -3.68. The number of hydrogen-bond donors (Lipinski definition) is 0. The van der Waals surface area contributed by atoms with Crippen molar-refractivity contribution in [2.45, 2.75) is 10.9 Å². The molecule has 1 aliphatic rings. The number of hydrogen-bond acceptors (Lipinski definition) is 6. The molecule has 0 bridgehead atoms. The van der Waals surface area contributed by atoms with Crippen molar-refractivity contribution in [1.82, 2.24) is 9.21 Å². The number of esters is 1. The van der Waals surface area contributed by atoms with Crippen molar-refractivity contribution < 1.29 is 17.9 Å². The van der Waals surface area contributed by atoms with Crippen LogP contribution in [-0.2, 0) is 19.6 Å². The quantitative estimate of drug-likeness (QED) is 0.672. The smallest absolute Gasteiger partial charge is 0.327 e. The summed E-state index contributed by atoms with van der Waals surface area (Å²) in [7, 11) is -2.36. The van der Waals surface area contributed by atoms with Gasteiger partial charge in [-0.2, -0.15) is 9.57 Å². The van der Waals surface area contributed by atoms with Crippen molar-refractivity contribution >= 4 is 27.6 Å². The van der Waals surface area contributed by atoms with Crippen LogP contribution in [0.3, 0.4) is 0 Å². The molecule has 0 saturated carbocycles. The Balaban J connectivity index is 1.78. The molecule has 3 rings (SSSR count).